The molecule has 0 aliphatic heterocycles. The molecule has 1 aliphatic rings. The van der Waals surface area contributed by atoms with Crippen molar-refractivity contribution in [3.63, 3.8) is 0 Å². The lowest BCUT2D eigenvalue weighted by Gasteiger charge is -2.22. The number of hydrogen-bond donors (Lipinski definition) is 3. The van der Waals surface area contributed by atoms with Gasteiger partial charge in [-0.25, -0.2) is 27.9 Å². The summed E-state index contributed by atoms with van der Waals surface area (Å²) in [4.78, 5) is 20.1. The summed E-state index contributed by atoms with van der Waals surface area (Å²) in [5.41, 5.74) is 1.18. The van der Waals surface area contributed by atoms with Crippen LogP contribution in [0.25, 0.3) is 0 Å². The van der Waals surface area contributed by atoms with Crippen LogP contribution in [0.3, 0.4) is 0 Å². The number of nitrogens with one attached hydrogen (secondary N) is 3. The summed E-state index contributed by atoms with van der Waals surface area (Å²) in [6.45, 7) is 1.75. The van der Waals surface area contributed by atoms with E-state index in [0.717, 1.165) is 25.7 Å². The number of nitrogens with zero attached hydrogens (tertiary/aromatic N) is 2. The number of aryl methyl sites for hydroxylation is 1. The number of amides is 2. The van der Waals surface area contributed by atoms with Crippen LogP contribution < -0.4 is 15.4 Å². The minimum atomic E-state index is -3.80. The van der Waals surface area contributed by atoms with Gasteiger partial charge in [0, 0.05) is 23.6 Å². The molecule has 3 N–H and O–H groups in total. The molecule has 1 aliphatic carbocycles. The van der Waals surface area contributed by atoms with E-state index in [1.165, 1.54) is 24.8 Å². The summed E-state index contributed by atoms with van der Waals surface area (Å²) in [6, 6.07) is 7.55. The van der Waals surface area contributed by atoms with Crippen molar-refractivity contribution in [2.75, 3.05) is 10.0 Å². The largest absolute Gasteiger partial charge is 0.335 e. The Morgan fingerprint density at radius 1 is 1.07 bits per heavy atom. The standard InChI is InChI=1S/C18H23N5O3S/c1-13-11-12-19-17(20-13)23-27(25,26)16-9-7-15(8-10-16)22-18(24)21-14-5-3-2-4-6-14/h7-12,14H,2-6H2,1H3,(H,19,20,23)(H2,21,22,24). The molecule has 1 saturated carbocycles. The minimum absolute atomic E-state index is 0.0176. The monoisotopic (exact) mass is 389 g/mol. The highest BCUT2D eigenvalue weighted by molar-refractivity contribution is 7.92. The maximum Gasteiger partial charge on any atom is 0.319 e. The van der Waals surface area contributed by atoms with E-state index >= 15 is 0 Å². The Bertz CT molecular complexity index is 893. The highest BCUT2D eigenvalue weighted by Crippen LogP contribution is 2.19. The fourth-order valence-corrected chi connectivity index (χ4v) is 3.95. The Kier molecular flexibility index (Phi) is 5.90. The van der Waals surface area contributed by atoms with Crippen LogP contribution in [-0.4, -0.2) is 30.5 Å². The molecule has 144 valence electrons. The Balaban J connectivity index is 1.61. The van der Waals surface area contributed by atoms with Crippen LogP contribution in [0.4, 0.5) is 16.4 Å². The zero-order valence-electron chi connectivity index (χ0n) is 15.1. The first-order valence-corrected chi connectivity index (χ1v) is 10.4. The second-order valence-electron chi connectivity index (χ2n) is 6.58. The topological polar surface area (TPSA) is 113 Å². The zero-order valence-corrected chi connectivity index (χ0v) is 15.9. The van der Waals surface area contributed by atoms with Gasteiger partial charge in [0.25, 0.3) is 10.0 Å². The molecule has 8 nitrogen and oxygen atoms in total. The number of rotatable bonds is 5. The molecule has 3 rings (SSSR count). The van der Waals surface area contributed by atoms with Crippen molar-refractivity contribution in [3.8, 4) is 0 Å². The van der Waals surface area contributed by atoms with E-state index in [-0.39, 0.29) is 22.9 Å². The van der Waals surface area contributed by atoms with Crippen molar-refractivity contribution in [2.45, 2.75) is 50.0 Å². The minimum Gasteiger partial charge on any atom is -0.335 e. The van der Waals surface area contributed by atoms with E-state index in [9.17, 15) is 13.2 Å². The lowest BCUT2D eigenvalue weighted by atomic mass is 9.96. The van der Waals surface area contributed by atoms with E-state index in [4.69, 9.17) is 0 Å². The Hall–Kier alpha value is -2.68. The van der Waals surface area contributed by atoms with Crippen molar-refractivity contribution < 1.29 is 13.2 Å². The Morgan fingerprint density at radius 2 is 1.78 bits per heavy atom. The molecule has 0 bridgehead atoms. The normalized spacial score (nSPS) is 15.1. The van der Waals surface area contributed by atoms with E-state index < -0.39 is 10.0 Å². The van der Waals surface area contributed by atoms with Gasteiger partial charge in [-0.3, -0.25) is 0 Å². The summed E-state index contributed by atoms with van der Waals surface area (Å²) in [7, 11) is -3.80. The predicted octanol–water partition coefficient (Wildman–Crippen LogP) is 3.04. The number of urea groups is 1. The second-order valence-corrected chi connectivity index (χ2v) is 8.27. The summed E-state index contributed by atoms with van der Waals surface area (Å²) < 4.78 is 27.2. The van der Waals surface area contributed by atoms with Crippen LogP contribution in [0.2, 0.25) is 0 Å². The SMILES string of the molecule is Cc1ccnc(NS(=O)(=O)c2ccc(NC(=O)NC3CCCCC3)cc2)n1. The average molecular weight is 389 g/mol. The van der Waals surface area contributed by atoms with Crippen molar-refractivity contribution >= 4 is 27.7 Å². The molecular weight excluding hydrogens is 366 g/mol. The Labute approximate surface area is 158 Å². The van der Waals surface area contributed by atoms with Crippen LogP contribution in [0, 0.1) is 6.92 Å². The number of aromatic nitrogens is 2. The number of hydrogen-bond acceptors (Lipinski definition) is 5. The van der Waals surface area contributed by atoms with Gasteiger partial charge in [-0.2, -0.15) is 0 Å². The highest BCUT2D eigenvalue weighted by Gasteiger charge is 2.17. The molecule has 2 amide bonds. The van der Waals surface area contributed by atoms with Gasteiger partial charge in [-0.1, -0.05) is 19.3 Å². The molecule has 0 saturated heterocycles. The van der Waals surface area contributed by atoms with E-state index in [0.29, 0.717) is 11.4 Å². The fraction of sp³-hybridized carbons (Fsp3) is 0.389. The summed E-state index contributed by atoms with van der Waals surface area (Å²) >= 11 is 0. The van der Waals surface area contributed by atoms with Crippen molar-refractivity contribution in [1.82, 2.24) is 15.3 Å². The number of benzene rings is 1. The molecule has 0 radical (unpaired) electrons. The molecule has 0 unspecified atom stereocenters. The average Bonchev–Trinajstić information content (AvgIpc) is 2.62. The lowest BCUT2D eigenvalue weighted by Crippen LogP contribution is -2.39. The molecule has 0 atom stereocenters. The van der Waals surface area contributed by atoms with Crippen LogP contribution in [0.1, 0.15) is 37.8 Å². The van der Waals surface area contributed by atoms with Crippen LogP contribution in [0.5, 0.6) is 0 Å². The molecule has 1 aromatic heterocycles. The predicted molar refractivity (Wildman–Crippen MR) is 103 cm³/mol. The van der Waals surface area contributed by atoms with Crippen molar-refractivity contribution in [1.29, 1.82) is 0 Å². The highest BCUT2D eigenvalue weighted by atomic mass is 32.2. The number of carbonyl (C=O) groups excluding carboxylic acids is 1. The van der Waals surface area contributed by atoms with Gasteiger partial charge in [-0.15, -0.1) is 0 Å². The van der Waals surface area contributed by atoms with Crippen molar-refractivity contribution in [2.24, 2.45) is 0 Å². The van der Waals surface area contributed by atoms with Gasteiger partial charge in [0.2, 0.25) is 5.95 Å². The van der Waals surface area contributed by atoms with Crippen LogP contribution in [0.15, 0.2) is 41.4 Å². The quantitative estimate of drug-likeness (QED) is 0.727. The Morgan fingerprint density at radius 3 is 2.44 bits per heavy atom. The molecule has 1 fully saturated rings. The van der Waals surface area contributed by atoms with Gasteiger partial charge < -0.3 is 10.6 Å². The van der Waals surface area contributed by atoms with Crippen LogP contribution in [-0.2, 0) is 10.0 Å². The first-order valence-electron chi connectivity index (χ1n) is 8.92. The molecule has 27 heavy (non-hydrogen) atoms. The van der Waals surface area contributed by atoms with Gasteiger partial charge >= 0.3 is 6.03 Å². The van der Waals surface area contributed by atoms with E-state index in [1.54, 1.807) is 25.1 Å². The maximum absolute atomic E-state index is 12.4. The third-order valence-corrected chi connectivity index (χ3v) is 5.73. The lowest BCUT2D eigenvalue weighted by molar-refractivity contribution is 0.244. The zero-order chi connectivity index (χ0) is 19.3. The smallest absolute Gasteiger partial charge is 0.319 e. The van der Waals surface area contributed by atoms with Crippen LogP contribution >= 0.6 is 0 Å². The van der Waals surface area contributed by atoms with E-state index in [1.807, 2.05) is 0 Å². The number of sulfonamides is 1. The van der Waals surface area contributed by atoms with E-state index in [2.05, 4.69) is 25.3 Å². The molecule has 9 heteroatoms. The molecule has 2 aromatic rings. The third kappa shape index (κ3) is 5.40. The molecule has 0 spiro atoms. The second kappa shape index (κ2) is 8.34. The molecule has 1 aromatic carbocycles. The van der Waals surface area contributed by atoms with Gasteiger partial charge in [0.1, 0.15) is 0 Å². The molecule has 1 heterocycles. The first-order chi connectivity index (χ1) is 12.9. The van der Waals surface area contributed by atoms with Gasteiger partial charge in [0.05, 0.1) is 4.90 Å². The summed E-state index contributed by atoms with van der Waals surface area (Å²) in [5.74, 6) is 0.0176. The number of carbonyl (C=O) groups is 1. The first kappa shape index (κ1) is 19.1. The third-order valence-electron chi connectivity index (χ3n) is 4.38. The molecular formula is C18H23N5O3S. The van der Waals surface area contributed by atoms with Gasteiger partial charge in [0.15, 0.2) is 0 Å². The maximum atomic E-state index is 12.4. The summed E-state index contributed by atoms with van der Waals surface area (Å²) in [5, 5.41) is 5.69. The van der Waals surface area contributed by atoms with Gasteiger partial charge in [-0.05, 0) is 50.1 Å². The number of anilines is 2. The van der Waals surface area contributed by atoms with Crippen molar-refractivity contribution in [3.05, 3.63) is 42.2 Å². The fourth-order valence-electron chi connectivity index (χ4n) is 2.99. The summed E-state index contributed by atoms with van der Waals surface area (Å²) in [6.07, 6.45) is 6.97.